The number of anilines is 1. The molecule has 0 radical (unpaired) electrons. The lowest BCUT2D eigenvalue weighted by atomic mass is 10.2. The Labute approximate surface area is 150 Å². The summed E-state index contributed by atoms with van der Waals surface area (Å²) in [5, 5.41) is 16.2. The lowest BCUT2D eigenvalue weighted by Crippen LogP contribution is -2.23. The van der Waals surface area contributed by atoms with Gasteiger partial charge in [0, 0.05) is 36.0 Å². The van der Waals surface area contributed by atoms with Gasteiger partial charge in [-0.15, -0.1) is 0 Å². The number of hydrogen-bond donors (Lipinski definition) is 2. The fraction of sp³-hybridized carbons (Fsp3) is 0.158. The zero-order valence-corrected chi connectivity index (χ0v) is 14.3. The van der Waals surface area contributed by atoms with Crippen molar-refractivity contribution in [2.75, 3.05) is 11.9 Å². The molecule has 0 saturated heterocycles. The minimum Gasteiger partial charge on any atom is -0.352 e. The zero-order chi connectivity index (χ0) is 18.9. The summed E-state index contributed by atoms with van der Waals surface area (Å²) >= 11 is 0. The van der Waals surface area contributed by atoms with Crippen LogP contribution in [0.2, 0.25) is 0 Å². The number of carbonyl (C=O) groups excluding carboxylic acids is 2. The predicted octanol–water partition coefficient (Wildman–Crippen LogP) is 3.39. The average molecular weight is 353 g/mol. The first-order chi connectivity index (χ1) is 12.5. The number of rotatable bonds is 7. The van der Waals surface area contributed by atoms with Gasteiger partial charge in [0.05, 0.1) is 4.92 Å². The molecule has 0 heterocycles. The van der Waals surface area contributed by atoms with E-state index < -0.39 is 4.92 Å². The molecule has 0 saturated carbocycles. The Balaban J connectivity index is 1.96. The maximum Gasteiger partial charge on any atom is 0.270 e. The van der Waals surface area contributed by atoms with Crippen LogP contribution in [0.5, 0.6) is 0 Å². The van der Waals surface area contributed by atoms with Gasteiger partial charge in [0.1, 0.15) is 0 Å². The fourth-order valence-corrected chi connectivity index (χ4v) is 2.14. The quantitative estimate of drug-likeness (QED) is 0.452. The van der Waals surface area contributed by atoms with Crippen molar-refractivity contribution in [2.45, 2.75) is 13.3 Å². The number of non-ortho nitro benzene ring substituents is 1. The van der Waals surface area contributed by atoms with Gasteiger partial charge in [-0.05, 0) is 42.3 Å². The molecule has 2 N–H and O–H groups in total. The smallest absolute Gasteiger partial charge is 0.270 e. The molecular formula is C19H19N3O4. The molecule has 134 valence electrons. The minimum atomic E-state index is -0.490. The maximum absolute atomic E-state index is 12.0. The number of nitro groups is 1. The van der Waals surface area contributed by atoms with Crippen LogP contribution in [0, 0.1) is 10.1 Å². The molecule has 26 heavy (non-hydrogen) atoms. The standard InChI is InChI=1S/C19H19N3O4/c1-2-12-20-19(24)15-7-9-16(10-8-15)21-18(23)11-6-14-4-3-5-17(13-14)22(25)26/h3-11,13H,2,12H2,1H3,(H,20,24)(H,21,23)/b11-6+. The molecular weight excluding hydrogens is 334 g/mol. The molecule has 0 unspecified atom stereocenters. The Morgan fingerprint density at radius 2 is 1.88 bits per heavy atom. The van der Waals surface area contributed by atoms with E-state index in [-0.39, 0.29) is 17.5 Å². The third-order valence-corrected chi connectivity index (χ3v) is 3.46. The van der Waals surface area contributed by atoms with Crippen molar-refractivity contribution in [3.05, 3.63) is 75.8 Å². The van der Waals surface area contributed by atoms with Crippen LogP contribution in [0.1, 0.15) is 29.3 Å². The van der Waals surface area contributed by atoms with Crippen molar-refractivity contribution < 1.29 is 14.5 Å². The summed E-state index contributed by atoms with van der Waals surface area (Å²) in [7, 11) is 0. The maximum atomic E-state index is 12.0. The lowest BCUT2D eigenvalue weighted by Gasteiger charge is -2.05. The summed E-state index contributed by atoms with van der Waals surface area (Å²) in [5.74, 6) is -0.532. The van der Waals surface area contributed by atoms with E-state index in [0.717, 1.165) is 6.42 Å². The predicted molar refractivity (Wildman–Crippen MR) is 99.8 cm³/mol. The highest BCUT2D eigenvalue weighted by Gasteiger charge is 2.06. The number of benzene rings is 2. The van der Waals surface area contributed by atoms with Crippen LogP contribution in [0.4, 0.5) is 11.4 Å². The second-order valence-electron chi connectivity index (χ2n) is 5.51. The van der Waals surface area contributed by atoms with Crippen LogP contribution in [0.3, 0.4) is 0 Å². The first-order valence-electron chi connectivity index (χ1n) is 8.11. The summed E-state index contributed by atoms with van der Waals surface area (Å²) in [6.45, 7) is 2.58. The molecule has 0 aliphatic heterocycles. The summed E-state index contributed by atoms with van der Waals surface area (Å²) in [4.78, 5) is 34.0. The van der Waals surface area contributed by atoms with E-state index in [1.807, 2.05) is 6.92 Å². The van der Waals surface area contributed by atoms with Crippen LogP contribution in [0.25, 0.3) is 6.08 Å². The van der Waals surface area contributed by atoms with Gasteiger partial charge in [-0.2, -0.15) is 0 Å². The Morgan fingerprint density at radius 3 is 2.54 bits per heavy atom. The van der Waals surface area contributed by atoms with Crippen LogP contribution >= 0.6 is 0 Å². The van der Waals surface area contributed by atoms with Crippen LogP contribution in [-0.2, 0) is 4.79 Å². The molecule has 0 bridgehead atoms. The van der Waals surface area contributed by atoms with Gasteiger partial charge in [0.15, 0.2) is 0 Å². The molecule has 2 aromatic carbocycles. The van der Waals surface area contributed by atoms with Crippen molar-refractivity contribution in [1.29, 1.82) is 0 Å². The first kappa shape index (κ1) is 18.9. The number of amides is 2. The summed E-state index contributed by atoms with van der Waals surface area (Å²) in [5.41, 5.74) is 1.58. The van der Waals surface area contributed by atoms with Crippen molar-refractivity contribution in [2.24, 2.45) is 0 Å². The van der Waals surface area contributed by atoms with E-state index in [1.54, 1.807) is 36.4 Å². The number of nitrogens with zero attached hydrogens (tertiary/aromatic N) is 1. The molecule has 0 aliphatic carbocycles. The van der Waals surface area contributed by atoms with Gasteiger partial charge >= 0.3 is 0 Å². The lowest BCUT2D eigenvalue weighted by molar-refractivity contribution is -0.384. The van der Waals surface area contributed by atoms with E-state index in [1.165, 1.54) is 24.3 Å². The van der Waals surface area contributed by atoms with E-state index >= 15 is 0 Å². The number of nitrogens with one attached hydrogen (secondary N) is 2. The highest BCUT2D eigenvalue weighted by Crippen LogP contribution is 2.14. The minimum absolute atomic E-state index is 0.0375. The number of hydrogen-bond acceptors (Lipinski definition) is 4. The summed E-state index contributed by atoms with van der Waals surface area (Å²) in [6, 6.07) is 12.5. The molecule has 0 atom stereocenters. The van der Waals surface area contributed by atoms with E-state index in [4.69, 9.17) is 0 Å². The number of carbonyl (C=O) groups is 2. The normalized spacial score (nSPS) is 10.5. The van der Waals surface area contributed by atoms with Gasteiger partial charge in [-0.25, -0.2) is 0 Å². The third kappa shape index (κ3) is 5.55. The second kappa shape index (κ2) is 9.12. The Hall–Kier alpha value is -3.48. The van der Waals surface area contributed by atoms with Gasteiger partial charge in [-0.3, -0.25) is 19.7 Å². The molecule has 2 rings (SSSR count). The van der Waals surface area contributed by atoms with E-state index in [9.17, 15) is 19.7 Å². The Bertz CT molecular complexity index is 829. The zero-order valence-electron chi connectivity index (χ0n) is 14.3. The molecule has 2 amide bonds. The highest BCUT2D eigenvalue weighted by molar-refractivity contribution is 6.02. The molecule has 0 spiro atoms. The molecule has 0 aromatic heterocycles. The van der Waals surface area contributed by atoms with E-state index in [2.05, 4.69) is 10.6 Å². The topological polar surface area (TPSA) is 101 Å². The largest absolute Gasteiger partial charge is 0.352 e. The highest BCUT2D eigenvalue weighted by atomic mass is 16.6. The van der Waals surface area contributed by atoms with Crippen LogP contribution in [0.15, 0.2) is 54.6 Å². The molecule has 0 aliphatic rings. The Kier molecular flexibility index (Phi) is 6.61. The first-order valence-corrected chi connectivity index (χ1v) is 8.11. The molecule has 7 heteroatoms. The van der Waals surface area contributed by atoms with Gasteiger partial charge in [0.2, 0.25) is 5.91 Å². The van der Waals surface area contributed by atoms with Crippen molar-refractivity contribution in [3.8, 4) is 0 Å². The fourth-order valence-electron chi connectivity index (χ4n) is 2.14. The molecule has 2 aromatic rings. The molecule has 7 nitrogen and oxygen atoms in total. The van der Waals surface area contributed by atoms with Gasteiger partial charge in [0.25, 0.3) is 11.6 Å². The van der Waals surface area contributed by atoms with E-state index in [0.29, 0.717) is 23.4 Å². The number of nitro benzene ring substituents is 1. The van der Waals surface area contributed by atoms with Crippen LogP contribution < -0.4 is 10.6 Å². The second-order valence-corrected chi connectivity index (χ2v) is 5.51. The summed E-state index contributed by atoms with van der Waals surface area (Å²) in [6.07, 6.45) is 3.65. The molecule has 0 fully saturated rings. The monoisotopic (exact) mass is 353 g/mol. The third-order valence-electron chi connectivity index (χ3n) is 3.46. The van der Waals surface area contributed by atoms with Crippen molar-refractivity contribution >= 4 is 29.3 Å². The summed E-state index contributed by atoms with van der Waals surface area (Å²) < 4.78 is 0. The van der Waals surface area contributed by atoms with Crippen LogP contribution in [-0.4, -0.2) is 23.3 Å². The van der Waals surface area contributed by atoms with Gasteiger partial charge in [-0.1, -0.05) is 19.1 Å². The van der Waals surface area contributed by atoms with Gasteiger partial charge < -0.3 is 10.6 Å². The van der Waals surface area contributed by atoms with Crippen molar-refractivity contribution in [1.82, 2.24) is 5.32 Å². The average Bonchev–Trinajstić information content (AvgIpc) is 2.65. The SMILES string of the molecule is CCCNC(=O)c1ccc(NC(=O)/C=C/c2cccc([N+](=O)[O-])c2)cc1. The van der Waals surface area contributed by atoms with Crippen molar-refractivity contribution in [3.63, 3.8) is 0 Å². The Morgan fingerprint density at radius 1 is 1.15 bits per heavy atom.